The summed E-state index contributed by atoms with van der Waals surface area (Å²) >= 11 is 0. The number of carbonyl (C=O) groups excluding carboxylic acids is 4. The second kappa shape index (κ2) is 21.5. The first-order valence-electron chi connectivity index (χ1n) is 18.6. The first kappa shape index (κ1) is 44.1. The normalized spacial score (nSPS) is 20.3. The predicted octanol–water partition coefficient (Wildman–Crippen LogP) is 3.28. The zero-order valence-corrected chi connectivity index (χ0v) is 33.2. The van der Waals surface area contributed by atoms with E-state index >= 15 is 0 Å². The molecule has 0 spiro atoms. The summed E-state index contributed by atoms with van der Waals surface area (Å²) in [5, 5.41) is 9.08. The van der Waals surface area contributed by atoms with Crippen LogP contribution in [0.15, 0.2) is 30.3 Å². The van der Waals surface area contributed by atoms with E-state index in [-0.39, 0.29) is 53.9 Å². The van der Waals surface area contributed by atoms with Crippen LogP contribution < -0.4 is 16.0 Å². The van der Waals surface area contributed by atoms with E-state index in [4.69, 9.17) is 14.2 Å². The summed E-state index contributed by atoms with van der Waals surface area (Å²) in [6, 6.07) is 7.92. The van der Waals surface area contributed by atoms with Gasteiger partial charge >= 0.3 is 0 Å². The van der Waals surface area contributed by atoms with Crippen LogP contribution in [0.4, 0.5) is 0 Å². The SMILES string of the molecule is CCC(C)[C@@H]([C@H](CC(=O)N1CC(OC)CC1[C@H](OC)[C@@H](C)C(=O)NCCc1ccccc1)OC)N(C)C(=O)[C@@H](NC(=O)[C@@H](NC)C(C)C)C(C)C. The van der Waals surface area contributed by atoms with Crippen molar-refractivity contribution in [1.82, 2.24) is 25.8 Å². The molecular weight excluding hydrogens is 650 g/mol. The van der Waals surface area contributed by atoms with Crippen LogP contribution in [0.5, 0.6) is 0 Å². The third-order valence-corrected chi connectivity index (χ3v) is 10.6. The molecule has 9 atom stereocenters. The molecule has 4 amide bonds. The molecule has 1 fully saturated rings. The Bertz CT molecular complexity index is 1230. The largest absolute Gasteiger partial charge is 0.380 e. The van der Waals surface area contributed by atoms with Gasteiger partial charge in [-0.15, -0.1) is 0 Å². The number of ether oxygens (including phenoxy) is 3. The van der Waals surface area contributed by atoms with Crippen LogP contribution in [0, 0.1) is 23.7 Å². The van der Waals surface area contributed by atoms with Crippen molar-refractivity contribution in [3.63, 3.8) is 0 Å². The minimum absolute atomic E-state index is 0.0119. The lowest BCUT2D eigenvalue weighted by molar-refractivity contribution is -0.147. The summed E-state index contributed by atoms with van der Waals surface area (Å²) in [5.41, 5.74) is 1.14. The third-order valence-electron chi connectivity index (χ3n) is 10.6. The molecule has 0 radical (unpaired) electrons. The molecule has 1 heterocycles. The van der Waals surface area contributed by atoms with Gasteiger partial charge in [0.25, 0.3) is 0 Å². The minimum atomic E-state index is -0.759. The Balaban J connectivity index is 2.28. The van der Waals surface area contributed by atoms with E-state index in [0.717, 1.165) is 12.0 Å². The molecule has 290 valence electrons. The highest BCUT2D eigenvalue weighted by Crippen LogP contribution is 2.30. The molecule has 0 bridgehead atoms. The third kappa shape index (κ3) is 12.0. The van der Waals surface area contributed by atoms with Crippen molar-refractivity contribution >= 4 is 23.6 Å². The number of carbonyl (C=O) groups is 4. The zero-order valence-electron chi connectivity index (χ0n) is 33.2. The van der Waals surface area contributed by atoms with Gasteiger partial charge in [-0.05, 0) is 43.2 Å². The zero-order chi connectivity index (χ0) is 38.4. The van der Waals surface area contributed by atoms with Gasteiger partial charge in [0.05, 0.1) is 48.8 Å². The summed E-state index contributed by atoms with van der Waals surface area (Å²) in [6.07, 6.45) is 0.567. The Morgan fingerprint density at radius 1 is 0.922 bits per heavy atom. The Morgan fingerprint density at radius 2 is 1.55 bits per heavy atom. The molecule has 1 saturated heterocycles. The fourth-order valence-corrected chi connectivity index (χ4v) is 7.34. The van der Waals surface area contributed by atoms with E-state index in [1.165, 1.54) is 0 Å². The number of rotatable bonds is 21. The van der Waals surface area contributed by atoms with Crippen molar-refractivity contribution in [2.45, 2.75) is 117 Å². The maximum absolute atomic E-state index is 14.3. The molecule has 1 aliphatic rings. The van der Waals surface area contributed by atoms with Crippen molar-refractivity contribution in [2.75, 3.05) is 48.5 Å². The van der Waals surface area contributed by atoms with Crippen LogP contribution in [0.2, 0.25) is 0 Å². The number of hydrogen-bond acceptors (Lipinski definition) is 8. The number of methoxy groups -OCH3 is 3. The maximum atomic E-state index is 14.3. The second-order valence-corrected chi connectivity index (χ2v) is 14.8. The van der Waals surface area contributed by atoms with Gasteiger partial charge in [0.15, 0.2) is 0 Å². The van der Waals surface area contributed by atoms with Gasteiger partial charge in [-0.25, -0.2) is 0 Å². The highest BCUT2D eigenvalue weighted by molar-refractivity contribution is 5.90. The van der Waals surface area contributed by atoms with E-state index in [1.807, 2.05) is 78.8 Å². The topological polar surface area (TPSA) is 139 Å². The van der Waals surface area contributed by atoms with Crippen molar-refractivity contribution in [3.05, 3.63) is 35.9 Å². The van der Waals surface area contributed by atoms with Crippen LogP contribution in [0.3, 0.4) is 0 Å². The summed E-state index contributed by atoms with van der Waals surface area (Å²) in [4.78, 5) is 58.4. The Morgan fingerprint density at radius 3 is 2.06 bits per heavy atom. The van der Waals surface area contributed by atoms with E-state index in [0.29, 0.717) is 25.9 Å². The number of likely N-dealkylation sites (N-methyl/N-ethyl adjacent to an activating group) is 2. The van der Waals surface area contributed by atoms with E-state index < -0.39 is 42.3 Å². The van der Waals surface area contributed by atoms with Crippen LogP contribution >= 0.6 is 0 Å². The Labute approximate surface area is 307 Å². The van der Waals surface area contributed by atoms with E-state index in [1.54, 1.807) is 45.2 Å². The van der Waals surface area contributed by atoms with Gasteiger partial charge in [-0.2, -0.15) is 0 Å². The number of amides is 4. The Kier molecular flexibility index (Phi) is 18.6. The number of likely N-dealkylation sites (tertiary alicyclic amines) is 1. The van der Waals surface area contributed by atoms with Gasteiger partial charge in [-0.3, -0.25) is 19.2 Å². The molecule has 12 heteroatoms. The van der Waals surface area contributed by atoms with Crippen LogP contribution in [0.1, 0.15) is 73.3 Å². The lowest BCUT2D eigenvalue weighted by Crippen LogP contribution is -2.59. The standard InChI is InChI=1S/C39H67N5O7/c1-13-26(6)35(43(9)39(48)34(25(4)5)42-38(47)33(40-8)24(2)3)31(50-11)22-32(45)44-23-29(49-10)21-30(44)36(51-12)27(7)37(46)41-20-19-28-17-15-14-16-18-28/h14-18,24-27,29-31,33-36,40H,13,19-23H2,1-12H3,(H,41,46)(H,42,47)/t26?,27-,29?,30?,31+,33+,34+,35+,36-/m1/s1. The van der Waals surface area contributed by atoms with E-state index in [9.17, 15) is 19.2 Å². The van der Waals surface area contributed by atoms with Crippen molar-refractivity contribution < 1.29 is 33.4 Å². The predicted molar refractivity (Wildman–Crippen MR) is 200 cm³/mol. The summed E-state index contributed by atoms with van der Waals surface area (Å²) in [6.45, 7) is 14.5. The highest BCUT2D eigenvalue weighted by atomic mass is 16.5. The maximum Gasteiger partial charge on any atom is 0.245 e. The van der Waals surface area contributed by atoms with Crippen LogP contribution in [-0.4, -0.2) is 124 Å². The number of hydrogen-bond donors (Lipinski definition) is 3. The Hall–Kier alpha value is -3.06. The van der Waals surface area contributed by atoms with E-state index in [2.05, 4.69) is 16.0 Å². The highest BCUT2D eigenvalue weighted by Gasteiger charge is 2.45. The summed E-state index contributed by atoms with van der Waals surface area (Å²) < 4.78 is 17.7. The van der Waals surface area contributed by atoms with Crippen LogP contribution in [0.25, 0.3) is 0 Å². The van der Waals surface area contributed by atoms with Gasteiger partial charge in [-0.1, -0.05) is 85.2 Å². The smallest absolute Gasteiger partial charge is 0.245 e. The lowest BCUT2D eigenvalue weighted by atomic mass is 9.89. The molecule has 3 unspecified atom stereocenters. The number of benzene rings is 1. The molecule has 0 aromatic heterocycles. The minimum Gasteiger partial charge on any atom is -0.380 e. The molecular formula is C39H67N5O7. The summed E-state index contributed by atoms with van der Waals surface area (Å²) in [7, 11) is 8.22. The summed E-state index contributed by atoms with van der Waals surface area (Å²) in [5.74, 6) is -1.46. The van der Waals surface area contributed by atoms with Crippen molar-refractivity contribution in [1.29, 1.82) is 0 Å². The average molecular weight is 718 g/mol. The van der Waals surface area contributed by atoms with Crippen LogP contribution in [-0.2, 0) is 39.8 Å². The van der Waals surface area contributed by atoms with Gasteiger partial charge in [0.1, 0.15) is 6.04 Å². The molecule has 0 saturated carbocycles. The van der Waals surface area contributed by atoms with Gasteiger partial charge in [0.2, 0.25) is 23.6 Å². The quantitative estimate of drug-likeness (QED) is 0.176. The molecule has 1 aromatic carbocycles. The number of nitrogens with zero attached hydrogens (tertiary/aromatic N) is 2. The molecule has 1 aromatic rings. The van der Waals surface area contributed by atoms with Crippen molar-refractivity contribution in [2.24, 2.45) is 23.7 Å². The van der Waals surface area contributed by atoms with Gasteiger partial charge in [0, 0.05) is 41.5 Å². The monoisotopic (exact) mass is 718 g/mol. The van der Waals surface area contributed by atoms with Crippen molar-refractivity contribution in [3.8, 4) is 0 Å². The number of nitrogens with one attached hydrogen (secondary N) is 3. The molecule has 12 nitrogen and oxygen atoms in total. The van der Waals surface area contributed by atoms with Gasteiger partial charge < -0.3 is 40.0 Å². The second-order valence-electron chi connectivity index (χ2n) is 14.8. The fraction of sp³-hybridized carbons (Fsp3) is 0.744. The molecule has 1 aliphatic heterocycles. The molecule has 0 aliphatic carbocycles. The molecule has 3 N–H and O–H groups in total. The first-order chi connectivity index (χ1) is 24.2. The fourth-order valence-electron chi connectivity index (χ4n) is 7.34. The molecule has 2 rings (SSSR count). The lowest BCUT2D eigenvalue weighted by Gasteiger charge is -2.41. The average Bonchev–Trinajstić information content (AvgIpc) is 3.54. The molecule has 51 heavy (non-hydrogen) atoms. The first-order valence-corrected chi connectivity index (χ1v) is 18.6.